The van der Waals surface area contributed by atoms with Crippen molar-refractivity contribution in [3.05, 3.63) is 181 Å². The number of hydrogen-bond donors (Lipinski definition) is 0. The van der Waals surface area contributed by atoms with Crippen molar-refractivity contribution >= 4 is 43.4 Å². The minimum absolute atomic E-state index is 0.724. The van der Waals surface area contributed by atoms with Crippen LogP contribution in [-0.2, 0) is 0 Å². The number of para-hydroxylation sites is 2. The Morgan fingerprint density at radius 3 is 1.74 bits per heavy atom. The molecule has 0 amide bonds. The molecule has 5 heteroatoms. The molecule has 10 aromatic rings. The number of nitrogens with zero attached hydrogens (tertiary/aromatic N) is 4. The van der Waals surface area contributed by atoms with Crippen LogP contribution < -0.4 is 0 Å². The smallest absolute Gasteiger partial charge is 0.160 e. The zero-order valence-electron chi connectivity index (χ0n) is 28.9. The van der Waals surface area contributed by atoms with E-state index >= 15 is 0 Å². The van der Waals surface area contributed by atoms with Gasteiger partial charge in [0.1, 0.15) is 5.01 Å². The van der Waals surface area contributed by atoms with E-state index in [2.05, 4.69) is 163 Å². The van der Waals surface area contributed by atoms with Crippen LogP contribution in [0, 0.1) is 6.92 Å². The zero-order chi connectivity index (χ0) is 35.3. The number of fused-ring (bicyclic) bond motifs is 4. The summed E-state index contributed by atoms with van der Waals surface area (Å²) in [4.78, 5) is 15.2. The molecule has 0 aliphatic carbocycles. The third kappa shape index (κ3) is 5.41. The van der Waals surface area contributed by atoms with Crippen LogP contribution in [0.4, 0.5) is 0 Å². The van der Waals surface area contributed by atoms with Crippen LogP contribution >= 0.6 is 11.3 Å². The Bertz CT molecular complexity index is 2890. The Balaban J connectivity index is 1.02. The summed E-state index contributed by atoms with van der Waals surface area (Å²) in [5, 5.41) is 3.50. The quantitative estimate of drug-likeness (QED) is 0.174. The van der Waals surface area contributed by atoms with Gasteiger partial charge in [0.15, 0.2) is 5.82 Å². The number of rotatable bonds is 6. The summed E-state index contributed by atoms with van der Waals surface area (Å²) in [7, 11) is 0. The van der Waals surface area contributed by atoms with Crippen LogP contribution in [0.2, 0.25) is 0 Å². The maximum absolute atomic E-state index is 5.11. The summed E-state index contributed by atoms with van der Waals surface area (Å²) >= 11 is 1.75. The van der Waals surface area contributed by atoms with Crippen molar-refractivity contribution in [3.8, 4) is 61.3 Å². The van der Waals surface area contributed by atoms with Crippen molar-refractivity contribution in [2.75, 3.05) is 0 Å². The second-order valence-electron chi connectivity index (χ2n) is 13.3. The van der Waals surface area contributed by atoms with E-state index < -0.39 is 0 Å². The van der Waals surface area contributed by atoms with E-state index in [0.29, 0.717) is 0 Å². The van der Waals surface area contributed by atoms with Gasteiger partial charge in [-0.15, -0.1) is 11.3 Å². The van der Waals surface area contributed by atoms with E-state index in [1.54, 1.807) is 11.3 Å². The SMILES string of the molecule is Cc1c(-c2ccccc2)nc(-c2ccccc2)nc1-c1ccc(-c2ccc(-n3c4ccccc4c4c(-c5nc6ccccc6s5)cccc43)cc2)cc1. The zero-order valence-corrected chi connectivity index (χ0v) is 29.8. The highest BCUT2D eigenvalue weighted by Crippen LogP contribution is 2.41. The molecule has 10 rings (SSSR count). The molecule has 0 aliphatic heterocycles. The highest BCUT2D eigenvalue weighted by molar-refractivity contribution is 7.21. The van der Waals surface area contributed by atoms with Gasteiger partial charge >= 0.3 is 0 Å². The highest BCUT2D eigenvalue weighted by atomic mass is 32.1. The van der Waals surface area contributed by atoms with E-state index in [1.807, 2.05) is 24.3 Å². The molecule has 0 unspecified atom stereocenters. The van der Waals surface area contributed by atoms with Crippen molar-refractivity contribution in [1.29, 1.82) is 0 Å². The van der Waals surface area contributed by atoms with Crippen LogP contribution in [0.3, 0.4) is 0 Å². The predicted octanol–water partition coefficient (Wildman–Crippen LogP) is 12.8. The Labute approximate surface area is 311 Å². The Kier molecular flexibility index (Phi) is 7.52. The normalized spacial score (nSPS) is 11.5. The van der Waals surface area contributed by atoms with Gasteiger partial charge in [0, 0.05) is 44.3 Å². The molecular weight excluding hydrogens is 665 g/mol. The molecule has 7 aromatic carbocycles. The van der Waals surface area contributed by atoms with Crippen molar-refractivity contribution in [2.24, 2.45) is 0 Å². The molecule has 3 aromatic heterocycles. The van der Waals surface area contributed by atoms with E-state index in [9.17, 15) is 0 Å². The Hall–Kier alpha value is -6.69. The Morgan fingerprint density at radius 1 is 0.453 bits per heavy atom. The third-order valence-electron chi connectivity index (χ3n) is 10.1. The molecule has 0 radical (unpaired) electrons. The molecular formula is C48H32N4S. The summed E-state index contributed by atoms with van der Waals surface area (Å²) in [5.41, 5.74) is 14.1. The van der Waals surface area contributed by atoms with Gasteiger partial charge < -0.3 is 4.57 Å². The fraction of sp³-hybridized carbons (Fsp3) is 0.0208. The molecule has 250 valence electrons. The van der Waals surface area contributed by atoms with Gasteiger partial charge in [0.05, 0.1) is 32.6 Å². The Morgan fingerprint density at radius 2 is 1.02 bits per heavy atom. The first kappa shape index (κ1) is 31.1. The topological polar surface area (TPSA) is 43.6 Å². The number of aromatic nitrogens is 4. The molecule has 0 N–H and O–H groups in total. The molecule has 0 saturated carbocycles. The minimum Gasteiger partial charge on any atom is -0.309 e. The van der Waals surface area contributed by atoms with E-state index in [-0.39, 0.29) is 0 Å². The van der Waals surface area contributed by atoms with Gasteiger partial charge in [-0.3, -0.25) is 0 Å². The largest absolute Gasteiger partial charge is 0.309 e. The second-order valence-corrected chi connectivity index (χ2v) is 14.3. The van der Waals surface area contributed by atoms with Crippen LogP contribution in [-0.4, -0.2) is 19.5 Å². The average Bonchev–Trinajstić information content (AvgIpc) is 3.82. The van der Waals surface area contributed by atoms with Crippen LogP contribution in [0.15, 0.2) is 176 Å². The maximum Gasteiger partial charge on any atom is 0.160 e. The standard InChI is InChI=1S/C48H32N4S/c1-31-45(34-13-4-2-5-14-34)50-47(36-15-6-3-7-16-36)51-46(31)35-25-23-32(24-26-35)33-27-29-37(30-28-33)52-41-20-10-8-17-38(41)44-39(18-12-21-42(44)52)48-49-40-19-9-11-22-43(40)53-48/h2-30H,1H3. The van der Waals surface area contributed by atoms with Crippen molar-refractivity contribution < 1.29 is 0 Å². The van der Waals surface area contributed by atoms with Crippen LogP contribution in [0.5, 0.6) is 0 Å². The summed E-state index contributed by atoms with van der Waals surface area (Å²) in [6.07, 6.45) is 0. The fourth-order valence-corrected chi connectivity index (χ4v) is 8.47. The summed E-state index contributed by atoms with van der Waals surface area (Å²) < 4.78 is 3.58. The average molecular weight is 697 g/mol. The first-order valence-corrected chi connectivity index (χ1v) is 18.6. The molecule has 53 heavy (non-hydrogen) atoms. The van der Waals surface area contributed by atoms with Crippen LogP contribution in [0.1, 0.15) is 5.56 Å². The molecule has 0 spiro atoms. The monoisotopic (exact) mass is 696 g/mol. The molecule has 3 heterocycles. The van der Waals surface area contributed by atoms with E-state index in [4.69, 9.17) is 15.0 Å². The summed E-state index contributed by atoms with van der Waals surface area (Å²) in [6, 6.07) is 61.9. The van der Waals surface area contributed by atoms with Gasteiger partial charge in [-0.1, -0.05) is 140 Å². The van der Waals surface area contributed by atoms with Gasteiger partial charge in [-0.05, 0) is 54.4 Å². The predicted molar refractivity (Wildman–Crippen MR) is 221 cm³/mol. The highest BCUT2D eigenvalue weighted by Gasteiger charge is 2.19. The number of thiazole rings is 1. The van der Waals surface area contributed by atoms with Gasteiger partial charge in [0.25, 0.3) is 0 Å². The van der Waals surface area contributed by atoms with Crippen LogP contribution in [0.25, 0.3) is 93.3 Å². The molecule has 0 fully saturated rings. The lowest BCUT2D eigenvalue weighted by Crippen LogP contribution is -2.00. The van der Waals surface area contributed by atoms with Crippen molar-refractivity contribution in [1.82, 2.24) is 19.5 Å². The summed E-state index contributed by atoms with van der Waals surface area (Å²) in [5.74, 6) is 0.724. The lowest BCUT2D eigenvalue weighted by molar-refractivity contribution is 1.15. The summed E-state index contributed by atoms with van der Waals surface area (Å²) in [6.45, 7) is 2.12. The number of benzene rings is 7. The third-order valence-corrected chi connectivity index (χ3v) is 11.1. The lowest BCUT2D eigenvalue weighted by Gasteiger charge is -2.14. The van der Waals surface area contributed by atoms with Gasteiger partial charge in [-0.2, -0.15) is 0 Å². The maximum atomic E-state index is 5.11. The van der Waals surface area contributed by atoms with Gasteiger partial charge in [0.2, 0.25) is 0 Å². The lowest BCUT2D eigenvalue weighted by atomic mass is 9.98. The minimum atomic E-state index is 0.724. The van der Waals surface area contributed by atoms with E-state index in [1.165, 1.54) is 32.1 Å². The fourth-order valence-electron chi connectivity index (χ4n) is 7.48. The van der Waals surface area contributed by atoms with Crippen molar-refractivity contribution in [2.45, 2.75) is 6.92 Å². The molecule has 4 nitrogen and oxygen atoms in total. The molecule has 0 atom stereocenters. The molecule has 0 aliphatic rings. The van der Waals surface area contributed by atoms with Crippen molar-refractivity contribution in [3.63, 3.8) is 0 Å². The van der Waals surface area contributed by atoms with E-state index in [0.717, 1.165) is 66.8 Å². The number of hydrogen-bond acceptors (Lipinski definition) is 4. The molecule has 0 saturated heterocycles. The second kappa shape index (κ2) is 12.8. The van der Waals surface area contributed by atoms with Gasteiger partial charge in [-0.25, -0.2) is 15.0 Å². The first-order valence-electron chi connectivity index (χ1n) is 17.8. The molecule has 0 bridgehead atoms. The first-order chi connectivity index (χ1) is 26.2.